The van der Waals surface area contributed by atoms with Gasteiger partial charge >= 0.3 is 5.97 Å². The number of carbonyl (C=O) groups excluding carboxylic acids is 1. The van der Waals surface area contributed by atoms with Crippen molar-refractivity contribution in [2.24, 2.45) is 4.99 Å². The van der Waals surface area contributed by atoms with Crippen LogP contribution in [-0.4, -0.2) is 36.5 Å². The van der Waals surface area contributed by atoms with E-state index in [4.69, 9.17) is 10.00 Å². The van der Waals surface area contributed by atoms with Gasteiger partial charge in [-0.3, -0.25) is 4.99 Å². The average Bonchev–Trinajstić information content (AvgIpc) is 2.88. The third-order valence-electron chi connectivity index (χ3n) is 2.66. The Morgan fingerprint density at radius 2 is 2.58 bits per heavy atom. The lowest BCUT2D eigenvalue weighted by Crippen LogP contribution is -2.37. The SMILES string of the molecule is CCOC(=O)/C(C#N)=C/C=C1\C=CNC2=NCCN21. The summed E-state index contributed by atoms with van der Waals surface area (Å²) in [6.07, 6.45) is 6.82. The van der Waals surface area contributed by atoms with Gasteiger partial charge in [0.2, 0.25) is 5.96 Å². The Morgan fingerprint density at radius 1 is 1.74 bits per heavy atom. The van der Waals surface area contributed by atoms with E-state index in [2.05, 4.69) is 10.3 Å². The minimum Gasteiger partial charge on any atom is -0.462 e. The van der Waals surface area contributed by atoms with Gasteiger partial charge in [0.15, 0.2) is 0 Å². The predicted octanol–water partition coefficient (Wildman–Crippen LogP) is 0.672. The molecular weight excluding hydrogens is 244 g/mol. The van der Waals surface area contributed by atoms with Crippen LogP contribution in [0.5, 0.6) is 0 Å². The zero-order valence-electron chi connectivity index (χ0n) is 10.6. The molecule has 98 valence electrons. The lowest BCUT2D eigenvalue weighted by molar-refractivity contribution is -0.138. The summed E-state index contributed by atoms with van der Waals surface area (Å²) in [5.74, 6) is 0.187. The zero-order chi connectivity index (χ0) is 13.7. The van der Waals surface area contributed by atoms with Crippen molar-refractivity contribution >= 4 is 11.9 Å². The highest BCUT2D eigenvalue weighted by molar-refractivity contribution is 5.93. The fraction of sp³-hybridized carbons (Fsp3) is 0.308. The van der Waals surface area contributed by atoms with Gasteiger partial charge in [-0.05, 0) is 25.2 Å². The van der Waals surface area contributed by atoms with Crippen molar-refractivity contribution in [1.29, 1.82) is 5.26 Å². The Kier molecular flexibility index (Phi) is 3.98. The van der Waals surface area contributed by atoms with Crippen LogP contribution in [0.1, 0.15) is 6.92 Å². The molecule has 1 N–H and O–H groups in total. The molecule has 0 aromatic heterocycles. The zero-order valence-corrected chi connectivity index (χ0v) is 10.6. The Labute approximate surface area is 111 Å². The van der Waals surface area contributed by atoms with Crippen molar-refractivity contribution in [2.45, 2.75) is 6.92 Å². The minimum absolute atomic E-state index is 0.0148. The summed E-state index contributed by atoms with van der Waals surface area (Å²) in [6.45, 7) is 3.47. The molecule has 0 unspecified atom stereocenters. The van der Waals surface area contributed by atoms with E-state index < -0.39 is 5.97 Å². The van der Waals surface area contributed by atoms with E-state index in [1.54, 1.807) is 19.2 Å². The molecule has 0 radical (unpaired) electrons. The van der Waals surface area contributed by atoms with E-state index in [0.717, 1.165) is 24.7 Å². The number of guanidine groups is 1. The van der Waals surface area contributed by atoms with Crippen LogP contribution < -0.4 is 5.32 Å². The summed E-state index contributed by atoms with van der Waals surface area (Å²) in [7, 11) is 0. The number of carbonyl (C=O) groups is 1. The van der Waals surface area contributed by atoms with Gasteiger partial charge in [0.1, 0.15) is 11.6 Å². The molecule has 6 nitrogen and oxygen atoms in total. The van der Waals surface area contributed by atoms with E-state index in [9.17, 15) is 4.79 Å². The Hall–Kier alpha value is -2.55. The topological polar surface area (TPSA) is 77.7 Å². The number of nitrogens with one attached hydrogen (secondary N) is 1. The van der Waals surface area contributed by atoms with Crippen molar-refractivity contribution in [3.05, 3.63) is 35.7 Å². The van der Waals surface area contributed by atoms with Crippen molar-refractivity contribution < 1.29 is 9.53 Å². The second-order valence-corrected chi connectivity index (χ2v) is 3.84. The van der Waals surface area contributed by atoms with Gasteiger partial charge in [0, 0.05) is 18.4 Å². The second kappa shape index (κ2) is 5.87. The first-order chi connectivity index (χ1) is 9.26. The van der Waals surface area contributed by atoms with Crippen molar-refractivity contribution in [3.63, 3.8) is 0 Å². The van der Waals surface area contributed by atoms with Gasteiger partial charge in [-0.25, -0.2) is 4.79 Å². The molecule has 0 atom stereocenters. The second-order valence-electron chi connectivity index (χ2n) is 3.84. The smallest absolute Gasteiger partial charge is 0.348 e. The van der Waals surface area contributed by atoms with Crippen LogP contribution in [0, 0.1) is 11.3 Å². The van der Waals surface area contributed by atoms with Crippen LogP contribution in [0.15, 0.2) is 40.7 Å². The van der Waals surface area contributed by atoms with Crippen LogP contribution in [-0.2, 0) is 9.53 Å². The third-order valence-corrected chi connectivity index (χ3v) is 2.66. The Morgan fingerprint density at radius 3 is 3.32 bits per heavy atom. The molecule has 0 bridgehead atoms. The van der Waals surface area contributed by atoms with E-state index in [-0.39, 0.29) is 12.2 Å². The van der Waals surface area contributed by atoms with Gasteiger partial charge in [0.25, 0.3) is 0 Å². The number of allylic oxidation sites excluding steroid dienone is 3. The normalized spacial score (nSPS) is 19.6. The standard InChI is InChI=1S/C13H14N4O2/c1-2-19-12(18)10(9-14)3-4-11-5-6-15-13-16-7-8-17(11)13/h3-6H,2,7-8H2,1H3,(H,15,16)/b10-3+,11-4+. The van der Waals surface area contributed by atoms with Crippen molar-refractivity contribution in [1.82, 2.24) is 10.2 Å². The lowest BCUT2D eigenvalue weighted by Gasteiger charge is -2.24. The summed E-state index contributed by atoms with van der Waals surface area (Å²) < 4.78 is 4.79. The molecule has 0 aromatic rings. The molecular formula is C13H14N4O2. The molecule has 0 saturated heterocycles. The molecule has 0 spiro atoms. The maximum Gasteiger partial charge on any atom is 0.348 e. The highest BCUT2D eigenvalue weighted by atomic mass is 16.5. The van der Waals surface area contributed by atoms with Gasteiger partial charge < -0.3 is 15.0 Å². The molecule has 2 heterocycles. The number of aliphatic imine (C=N–C) groups is 1. The predicted molar refractivity (Wildman–Crippen MR) is 69.7 cm³/mol. The van der Waals surface area contributed by atoms with E-state index >= 15 is 0 Å². The molecule has 0 aliphatic carbocycles. The highest BCUT2D eigenvalue weighted by Crippen LogP contribution is 2.15. The van der Waals surface area contributed by atoms with E-state index in [0.29, 0.717) is 0 Å². The van der Waals surface area contributed by atoms with Crippen molar-refractivity contribution in [2.75, 3.05) is 19.7 Å². The maximum atomic E-state index is 11.5. The molecule has 0 amide bonds. The maximum absolute atomic E-state index is 11.5. The number of nitriles is 1. The number of rotatable bonds is 3. The van der Waals surface area contributed by atoms with Gasteiger partial charge in [-0.2, -0.15) is 5.26 Å². The first-order valence-corrected chi connectivity index (χ1v) is 6.00. The van der Waals surface area contributed by atoms with Crippen LogP contribution >= 0.6 is 0 Å². The largest absolute Gasteiger partial charge is 0.462 e. The molecule has 0 aromatic carbocycles. The molecule has 19 heavy (non-hydrogen) atoms. The molecule has 2 aliphatic heterocycles. The van der Waals surface area contributed by atoms with Crippen molar-refractivity contribution in [3.8, 4) is 6.07 Å². The van der Waals surface area contributed by atoms with E-state index in [1.807, 2.05) is 17.0 Å². The number of esters is 1. The highest BCUT2D eigenvalue weighted by Gasteiger charge is 2.21. The van der Waals surface area contributed by atoms with Crippen LogP contribution in [0.3, 0.4) is 0 Å². The number of hydrogen-bond acceptors (Lipinski definition) is 6. The minimum atomic E-state index is -0.602. The van der Waals surface area contributed by atoms with Gasteiger partial charge in [-0.1, -0.05) is 0 Å². The summed E-state index contributed by atoms with van der Waals surface area (Å²) in [6, 6.07) is 1.84. The molecule has 6 heteroatoms. The first kappa shape index (κ1) is 12.9. The summed E-state index contributed by atoms with van der Waals surface area (Å²) in [5, 5.41) is 12.0. The molecule has 2 aliphatic rings. The van der Waals surface area contributed by atoms with E-state index in [1.165, 1.54) is 6.08 Å². The fourth-order valence-corrected chi connectivity index (χ4v) is 1.79. The van der Waals surface area contributed by atoms with Crippen LogP contribution in [0.4, 0.5) is 0 Å². The Balaban J connectivity index is 2.18. The number of ether oxygens (including phenoxy) is 1. The number of hydrogen-bond donors (Lipinski definition) is 1. The van der Waals surface area contributed by atoms with Crippen LogP contribution in [0.2, 0.25) is 0 Å². The third kappa shape index (κ3) is 2.83. The summed E-state index contributed by atoms with van der Waals surface area (Å²) in [5.41, 5.74) is 0.867. The lowest BCUT2D eigenvalue weighted by atomic mass is 10.2. The molecule has 0 fully saturated rings. The Bertz CT molecular complexity index is 537. The molecule has 0 saturated carbocycles. The molecule has 2 rings (SSSR count). The van der Waals surface area contributed by atoms with Gasteiger partial charge in [0.05, 0.1) is 13.2 Å². The summed E-state index contributed by atoms with van der Waals surface area (Å²) >= 11 is 0. The summed E-state index contributed by atoms with van der Waals surface area (Å²) in [4.78, 5) is 17.7. The van der Waals surface area contributed by atoms with Gasteiger partial charge in [-0.15, -0.1) is 0 Å². The number of nitrogens with zero attached hydrogens (tertiary/aromatic N) is 3. The quantitative estimate of drug-likeness (QED) is 0.457. The van der Waals surface area contributed by atoms with Crippen LogP contribution in [0.25, 0.3) is 0 Å². The fourth-order valence-electron chi connectivity index (χ4n) is 1.79. The monoisotopic (exact) mass is 258 g/mol. The average molecular weight is 258 g/mol. The first-order valence-electron chi connectivity index (χ1n) is 6.00. The number of fused-ring (bicyclic) bond motifs is 1.